The van der Waals surface area contributed by atoms with Crippen molar-refractivity contribution < 1.29 is 28.6 Å². The van der Waals surface area contributed by atoms with E-state index in [1.54, 1.807) is 0 Å². The number of hydrogen-bond donors (Lipinski definition) is 0. The molecule has 1 unspecified atom stereocenters. The predicted molar refractivity (Wildman–Crippen MR) is 353 cm³/mol. The van der Waals surface area contributed by atoms with E-state index in [9.17, 15) is 14.4 Å². The molecule has 466 valence electrons. The summed E-state index contributed by atoms with van der Waals surface area (Å²) in [6, 6.07) is 0. The van der Waals surface area contributed by atoms with E-state index in [-0.39, 0.29) is 31.1 Å². The first-order valence-electron chi connectivity index (χ1n) is 34.7. The Bertz CT molecular complexity index is 1580. The zero-order chi connectivity index (χ0) is 58.5. The number of esters is 3. The molecule has 0 fully saturated rings. The van der Waals surface area contributed by atoms with Crippen LogP contribution in [0.1, 0.15) is 342 Å². The third kappa shape index (κ3) is 67.0. The summed E-state index contributed by atoms with van der Waals surface area (Å²) in [5.74, 6) is -0.903. The van der Waals surface area contributed by atoms with E-state index in [0.29, 0.717) is 19.3 Å². The van der Waals surface area contributed by atoms with Crippen molar-refractivity contribution in [2.45, 2.75) is 348 Å². The second-order valence-electron chi connectivity index (χ2n) is 23.1. The SMILES string of the molecule is CC/C=C\C/C=C\C/C=C\C/C=C\CCCCCCC(=O)OC(COC(=O)CCCCCCCCC/C=C\CCCCCCCC)COC(=O)CCCCCCCCCCCCCCCC/C=C\C/C=C\C/C=C\CCCCCCC. The van der Waals surface area contributed by atoms with Crippen molar-refractivity contribution in [2.24, 2.45) is 0 Å². The lowest BCUT2D eigenvalue weighted by molar-refractivity contribution is -0.167. The van der Waals surface area contributed by atoms with Crippen LogP contribution in [0.15, 0.2) is 97.2 Å². The number of unbranched alkanes of at least 4 members (excludes halogenated alkanes) is 36. The molecule has 0 aromatic rings. The van der Waals surface area contributed by atoms with Gasteiger partial charge in [0.05, 0.1) is 0 Å². The van der Waals surface area contributed by atoms with Crippen molar-refractivity contribution in [3.05, 3.63) is 97.2 Å². The largest absolute Gasteiger partial charge is 0.462 e. The lowest BCUT2D eigenvalue weighted by atomic mass is 10.0. The van der Waals surface area contributed by atoms with Crippen molar-refractivity contribution in [1.29, 1.82) is 0 Å². The molecule has 0 aliphatic carbocycles. The molecule has 0 aliphatic rings. The van der Waals surface area contributed by atoms with Crippen LogP contribution in [0.3, 0.4) is 0 Å². The first-order valence-corrected chi connectivity index (χ1v) is 34.7. The molecule has 0 heterocycles. The summed E-state index contributed by atoms with van der Waals surface area (Å²) >= 11 is 0. The van der Waals surface area contributed by atoms with Gasteiger partial charge in [-0.3, -0.25) is 14.4 Å². The second-order valence-corrected chi connectivity index (χ2v) is 23.1. The van der Waals surface area contributed by atoms with Crippen LogP contribution in [-0.2, 0) is 28.6 Å². The second kappa shape index (κ2) is 68.8. The van der Waals surface area contributed by atoms with Gasteiger partial charge in [-0.05, 0) is 122 Å². The Morgan fingerprint density at radius 1 is 0.259 bits per heavy atom. The average Bonchev–Trinajstić information content (AvgIpc) is 3.47. The molecular formula is C75H130O6. The zero-order valence-corrected chi connectivity index (χ0v) is 53.5. The maximum atomic E-state index is 12.9. The first kappa shape index (κ1) is 77.3. The quantitative estimate of drug-likeness (QED) is 0.0261. The standard InChI is InChI=1S/C75H130O6/c1-4-7-10-13-16-19-22-25-28-31-32-33-34-35-36-37-38-39-40-41-42-45-47-50-53-56-59-62-65-68-74(77)80-71-72(81-75(78)69-66-63-60-57-54-51-48-44-30-27-24-21-18-15-12-9-6-3)70-79-73(76)67-64-61-58-55-52-49-46-43-29-26-23-20-17-14-11-8-5-2/h9,12,18,21-22,25-27,29-32,34-35,48,51,72H,4-8,10-11,13-17,19-20,23-24,28,33,36-47,49-50,52-71H2,1-3H3/b12-9-,21-18-,25-22-,29-26-,30-27-,32-31-,35-34-,51-48-. The highest BCUT2D eigenvalue weighted by Gasteiger charge is 2.19. The average molecular weight is 1130 g/mol. The highest BCUT2D eigenvalue weighted by atomic mass is 16.6. The summed E-state index contributed by atoms with van der Waals surface area (Å²) in [5.41, 5.74) is 0. The molecule has 0 aliphatic heterocycles. The summed E-state index contributed by atoms with van der Waals surface area (Å²) in [6.45, 7) is 6.52. The summed E-state index contributed by atoms with van der Waals surface area (Å²) < 4.78 is 17.0. The van der Waals surface area contributed by atoms with E-state index in [1.807, 2.05) is 0 Å². The summed E-state index contributed by atoms with van der Waals surface area (Å²) in [5, 5.41) is 0. The summed E-state index contributed by atoms with van der Waals surface area (Å²) in [6.07, 6.45) is 92.8. The zero-order valence-electron chi connectivity index (χ0n) is 53.5. The molecule has 6 nitrogen and oxygen atoms in total. The third-order valence-corrected chi connectivity index (χ3v) is 15.0. The molecule has 0 amide bonds. The minimum absolute atomic E-state index is 0.0878. The Hall–Kier alpha value is -3.67. The molecule has 0 bridgehead atoms. The van der Waals surface area contributed by atoms with E-state index < -0.39 is 6.10 Å². The topological polar surface area (TPSA) is 78.9 Å². The van der Waals surface area contributed by atoms with Gasteiger partial charge >= 0.3 is 17.9 Å². The van der Waals surface area contributed by atoms with Crippen molar-refractivity contribution in [3.8, 4) is 0 Å². The Kier molecular flexibility index (Phi) is 65.7. The minimum Gasteiger partial charge on any atom is -0.462 e. The molecular weight excluding hydrogens is 997 g/mol. The van der Waals surface area contributed by atoms with Gasteiger partial charge in [-0.25, -0.2) is 0 Å². The molecule has 0 aromatic carbocycles. The Morgan fingerprint density at radius 3 is 0.765 bits per heavy atom. The molecule has 0 rings (SSSR count). The van der Waals surface area contributed by atoms with E-state index in [1.165, 1.54) is 193 Å². The van der Waals surface area contributed by atoms with Crippen LogP contribution in [0.25, 0.3) is 0 Å². The lowest BCUT2D eigenvalue weighted by Gasteiger charge is -2.18. The van der Waals surface area contributed by atoms with Crippen LogP contribution in [0.5, 0.6) is 0 Å². The van der Waals surface area contributed by atoms with Crippen molar-refractivity contribution >= 4 is 17.9 Å². The Morgan fingerprint density at radius 2 is 0.481 bits per heavy atom. The number of ether oxygens (including phenoxy) is 3. The lowest BCUT2D eigenvalue weighted by Crippen LogP contribution is -2.30. The number of carbonyl (C=O) groups is 3. The Labute approximate surface area is 502 Å². The molecule has 0 aromatic heterocycles. The molecule has 81 heavy (non-hydrogen) atoms. The molecule has 0 N–H and O–H groups in total. The smallest absolute Gasteiger partial charge is 0.306 e. The fourth-order valence-electron chi connectivity index (χ4n) is 9.85. The van der Waals surface area contributed by atoms with Crippen LogP contribution in [-0.4, -0.2) is 37.2 Å². The van der Waals surface area contributed by atoms with Crippen LogP contribution < -0.4 is 0 Å². The predicted octanol–water partition coefficient (Wildman–Crippen LogP) is 24.0. The number of allylic oxidation sites excluding steroid dienone is 16. The van der Waals surface area contributed by atoms with Crippen molar-refractivity contribution in [1.82, 2.24) is 0 Å². The minimum atomic E-state index is -0.795. The molecule has 0 saturated heterocycles. The van der Waals surface area contributed by atoms with Gasteiger partial charge in [-0.1, -0.05) is 298 Å². The number of carbonyl (C=O) groups excluding carboxylic acids is 3. The molecule has 6 heteroatoms. The maximum Gasteiger partial charge on any atom is 0.306 e. The molecule has 0 spiro atoms. The van der Waals surface area contributed by atoms with Gasteiger partial charge in [0.25, 0.3) is 0 Å². The van der Waals surface area contributed by atoms with Gasteiger partial charge in [0.2, 0.25) is 0 Å². The van der Waals surface area contributed by atoms with Gasteiger partial charge in [0.1, 0.15) is 13.2 Å². The molecule has 0 radical (unpaired) electrons. The maximum absolute atomic E-state index is 12.9. The van der Waals surface area contributed by atoms with Gasteiger partial charge in [-0.2, -0.15) is 0 Å². The van der Waals surface area contributed by atoms with Gasteiger partial charge in [0.15, 0.2) is 6.10 Å². The highest BCUT2D eigenvalue weighted by Crippen LogP contribution is 2.17. The molecule has 1 atom stereocenters. The van der Waals surface area contributed by atoms with E-state index in [2.05, 4.69) is 118 Å². The first-order chi connectivity index (χ1) is 40.0. The van der Waals surface area contributed by atoms with Gasteiger partial charge < -0.3 is 14.2 Å². The van der Waals surface area contributed by atoms with Crippen LogP contribution >= 0.6 is 0 Å². The van der Waals surface area contributed by atoms with E-state index >= 15 is 0 Å². The van der Waals surface area contributed by atoms with E-state index in [0.717, 1.165) is 109 Å². The monoisotopic (exact) mass is 1130 g/mol. The number of rotatable bonds is 63. The van der Waals surface area contributed by atoms with Crippen LogP contribution in [0, 0.1) is 0 Å². The molecule has 0 saturated carbocycles. The number of hydrogen-bond acceptors (Lipinski definition) is 6. The summed E-state index contributed by atoms with van der Waals surface area (Å²) in [7, 11) is 0. The normalized spacial score (nSPS) is 12.7. The summed E-state index contributed by atoms with van der Waals surface area (Å²) in [4.78, 5) is 38.4. The third-order valence-electron chi connectivity index (χ3n) is 15.0. The van der Waals surface area contributed by atoms with Crippen molar-refractivity contribution in [2.75, 3.05) is 13.2 Å². The van der Waals surface area contributed by atoms with E-state index in [4.69, 9.17) is 14.2 Å². The van der Waals surface area contributed by atoms with Crippen LogP contribution in [0.2, 0.25) is 0 Å². The van der Waals surface area contributed by atoms with Gasteiger partial charge in [-0.15, -0.1) is 0 Å². The van der Waals surface area contributed by atoms with Crippen molar-refractivity contribution in [3.63, 3.8) is 0 Å². The Balaban J connectivity index is 4.31. The van der Waals surface area contributed by atoms with Crippen LogP contribution in [0.4, 0.5) is 0 Å². The van der Waals surface area contributed by atoms with Gasteiger partial charge in [0, 0.05) is 19.3 Å². The highest BCUT2D eigenvalue weighted by molar-refractivity contribution is 5.71. The fraction of sp³-hybridized carbons (Fsp3) is 0.747. The fourth-order valence-corrected chi connectivity index (χ4v) is 9.85.